The zero-order chi connectivity index (χ0) is 19.4. The molecule has 4 N–H and O–H groups in total. The fourth-order valence-electron chi connectivity index (χ4n) is 2.91. The number of aliphatic hydroxyl groups excluding tert-OH is 1. The number of nitrogens with one attached hydrogen (secondary N) is 1. The molecule has 6 heteroatoms. The van der Waals surface area contributed by atoms with E-state index < -0.39 is 12.5 Å². The number of hydrogen-bond acceptors (Lipinski definition) is 4. The number of carbonyl (C=O) groups is 1. The molecule has 6 nitrogen and oxygen atoms in total. The summed E-state index contributed by atoms with van der Waals surface area (Å²) in [5.74, 6) is 6.60. The number of methoxy groups -OCH3 is 1. The lowest BCUT2D eigenvalue weighted by Crippen LogP contribution is -2.15. The second-order valence-electron chi connectivity index (χ2n) is 5.92. The molecule has 1 amide bonds. The molecule has 0 saturated carbocycles. The largest absolute Gasteiger partial charge is 0.497 e. The first-order valence-corrected chi connectivity index (χ1v) is 8.55. The fraction of sp³-hybridized carbons (Fsp3) is 0.190. The van der Waals surface area contributed by atoms with Crippen LogP contribution in [0.3, 0.4) is 0 Å². The number of benzene rings is 2. The summed E-state index contributed by atoms with van der Waals surface area (Å²) in [6, 6.07) is 12.9. The van der Waals surface area contributed by atoms with Gasteiger partial charge in [-0.2, -0.15) is 0 Å². The number of carbonyl (C=O) groups excluding carboxylic acids is 1. The highest BCUT2D eigenvalue weighted by Crippen LogP contribution is 2.31. The number of hydrogen-bond donors (Lipinski definition) is 3. The van der Waals surface area contributed by atoms with Crippen molar-refractivity contribution in [2.75, 3.05) is 24.8 Å². The highest BCUT2D eigenvalue weighted by molar-refractivity contribution is 5.96. The quantitative estimate of drug-likeness (QED) is 0.622. The van der Waals surface area contributed by atoms with Crippen molar-refractivity contribution in [3.63, 3.8) is 0 Å². The smallest absolute Gasteiger partial charge is 0.250 e. The minimum atomic E-state index is -0.548. The molecule has 0 aliphatic rings. The van der Waals surface area contributed by atoms with E-state index in [1.807, 2.05) is 25.1 Å². The third kappa shape index (κ3) is 3.73. The number of nitrogens with zero attached hydrogens (tertiary/aromatic N) is 1. The third-order valence-electron chi connectivity index (χ3n) is 4.26. The number of aryl methyl sites for hydroxylation is 1. The van der Waals surface area contributed by atoms with E-state index >= 15 is 0 Å². The van der Waals surface area contributed by atoms with E-state index in [0.717, 1.165) is 34.5 Å². The highest BCUT2D eigenvalue weighted by Gasteiger charge is 2.13. The van der Waals surface area contributed by atoms with Crippen LogP contribution in [-0.2, 0) is 11.3 Å². The number of ether oxygens (including phenoxy) is 1. The van der Waals surface area contributed by atoms with E-state index in [1.54, 1.807) is 31.4 Å². The molecule has 0 aliphatic carbocycles. The molecule has 0 bridgehead atoms. The number of aromatic nitrogens is 1. The summed E-state index contributed by atoms with van der Waals surface area (Å²) in [6.07, 6.45) is 0. The maximum Gasteiger partial charge on any atom is 0.250 e. The zero-order valence-corrected chi connectivity index (χ0v) is 15.2. The van der Waals surface area contributed by atoms with Crippen LogP contribution in [0, 0.1) is 11.8 Å². The van der Waals surface area contributed by atoms with E-state index in [-0.39, 0.29) is 0 Å². The van der Waals surface area contributed by atoms with Gasteiger partial charge in [-0.15, -0.1) is 0 Å². The first kappa shape index (κ1) is 18.4. The normalized spacial score (nSPS) is 10.3. The molecule has 0 radical (unpaired) electrons. The Kier molecular flexibility index (Phi) is 5.34. The molecule has 3 aromatic rings. The topological polar surface area (TPSA) is 89.5 Å². The predicted octanol–water partition coefficient (Wildman–Crippen LogP) is 2.58. The molecule has 0 aliphatic heterocycles. The van der Waals surface area contributed by atoms with Crippen LogP contribution in [0.1, 0.15) is 18.2 Å². The molecule has 0 fully saturated rings. The number of nitrogens with two attached hydrogens (primary N) is 1. The SMILES string of the molecule is CCn1c(C#Cc2ccc(NC(=O)CO)cc2)c(N)c2ccc(OC)cc21. The minimum Gasteiger partial charge on any atom is -0.497 e. The van der Waals surface area contributed by atoms with E-state index in [9.17, 15) is 4.79 Å². The third-order valence-corrected chi connectivity index (χ3v) is 4.26. The van der Waals surface area contributed by atoms with Crippen LogP contribution in [0.25, 0.3) is 10.9 Å². The summed E-state index contributed by atoms with van der Waals surface area (Å²) in [4.78, 5) is 11.2. The molecule has 0 unspecified atom stereocenters. The zero-order valence-electron chi connectivity index (χ0n) is 15.2. The summed E-state index contributed by atoms with van der Waals surface area (Å²) in [5.41, 5.74) is 10.1. The molecule has 1 heterocycles. The van der Waals surface area contributed by atoms with Crippen molar-refractivity contribution in [1.29, 1.82) is 0 Å². The van der Waals surface area contributed by atoms with Crippen LogP contribution in [-0.4, -0.2) is 29.3 Å². The second-order valence-corrected chi connectivity index (χ2v) is 5.92. The van der Waals surface area contributed by atoms with Crippen molar-refractivity contribution in [1.82, 2.24) is 4.57 Å². The van der Waals surface area contributed by atoms with Crippen molar-refractivity contribution in [2.45, 2.75) is 13.5 Å². The molecule has 138 valence electrons. The Morgan fingerprint density at radius 1 is 1.22 bits per heavy atom. The molecular weight excluding hydrogens is 342 g/mol. The number of nitrogen functional groups attached to an aromatic ring is 1. The van der Waals surface area contributed by atoms with Gasteiger partial charge in [-0.1, -0.05) is 5.92 Å². The number of fused-ring (bicyclic) bond motifs is 1. The lowest BCUT2D eigenvalue weighted by molar-refractivity contribution is -0.118. The van der Waals surface area contributed by atoms with Crippen LogP contribution in [0.2, 0.25) is 0 Å². The first-order valence-electron chi connectivity index (χ1n) is 8.55. The standard InChI is InChI=1S/C21H21N3O3/c1-3-24-18(21(22)17-10-9-16(27-2)12-19(17)24)11-6-14-4-7-15(8-5-14)23-20(26)13-25/h4-5,7-10,12,25H,3,13,22H2,1-2H3,(H,23,26). The lowest BCUT2D eigenvalue weighted by Gasteiger charge is -2.04. The number of anilines is 2. The number of aliphatic hydroxyl groups is 1. The van der Waals surface area contributed by atoms with Crippen LogP contribution < -0.4 is 15.8 Å². The Bertz CT molecular complexity index is 1040. The lowest BCUT2D eigenvalue weighted by atomic mass is 10.2. The van der Waals surface area contributed by atoms with Gasteiger partial charge in [-0.25, -0.2) is 0 Å². The highest BCUT2D eigenvalue weighted by atomic mass is 16.5. The van der Waals surface area contributed by atoms with Gasteiger partial charge < -0.3 is 25.5 Å². The van der Waals surface area contributed by atoms with Crippen LogP contribution in [0.5, 0.6) is 5.75 Å². The van der Waals surface area contributed by atoms with Gasteiger partial charge >= 0.3 is 0 Å². The summed E-state index contributed by atoms with van der Waals surface area (Å²) in [6.45, 7) is 2.23. The van der Waals surface area contributed by atoms with Gasteiger partial charge in [0.2, 0.25) is 5.91 Å². The van der Waals surface area contributed by atoms with Crippen LogP contribution in [0.15, 0.2) is 42.5 Å². The van der Waals surface area contributed by atoms with E-state index in [1.165, 1.54) is 0 Å². The number of amides is 1. The first-order chi connectivity index (χ1) is 13.1. The molecule has 0 saturated heterocycles. The monoisotopic (exact) mass is 363 g/mol. The maximum absolute atomic E-state index is 11.2. The van der Waals surface area contributed by atoms with Gasteiger partial charge in [0.15, 0.2) is 0 Å². The van der Waals surface area contributed by atoms with Gasteiger partial charge in [0.05, 0.1) is 18.3 Å². The van der Waals surface area contributed by atoms with Gasteiger partial charge in [-0.05, 0) is 49.2 Å². The van der Waals surface area contributed by atoms with Crippen molar-refractivity contribution >= 4 is 28.2 Å². The van der Waals surface area contributed by atoms with E-state index in [0.29, 0.717) is 11.4 Å². The minimum absolute atomic E-state index is 0.454. The molecular formula is C21H21N3O3. The molecule has 1 aromatic heterocycles. The summed E-state index contributed by atoms with van der Waals surface area (Å²) in [7, 11) is 1.64. The second kappa shape index (κ2) is 7.85. The molecule has 3 rings (SSSR count). The average molecular weight is 363 g/mol. The Morgan fingerprint density at radius 2 is 1.96 bits per heavy atom. The summed E-state index contributed by atoms with van der Waals surface area (Å²) in [5, 5.41) is 12.3. The van der Waals surface area contributed by atoms with Crippen LogP contribution >= 0.6 is 0 Å². The van der Waals surface area contributed by atoms with Crippen molar-refractivity contribution in [3.8, 4) is 17.6 Å². The molecule has 2 aromatic carbocycles. The van der Waals surface area contributed by atoms with Gasteiger partial charge in [0, 0.05) is 29.2 Å². The van der Waals surface area contributed by atoms with Gasteiger partial charge in [0.25, 0.3) is 0 Å². The molecule has 0 atom stereocenters. The van der Waals surface area contributed by atoms with E-state index in [2.05, 4.69) is 21.7 Å². The van der Waals surface area contributed by atoms with Crippen molar-refractivity contribution in [2.24, 2.45) is 0 Å². The van der Waals surface area contributed by atoms with E-state index in [4.69, 9.17) is 15.6 Å². The fourth-order valence-corrected chi connectivity index (χ4v) is 2.91. The van der Waals surface area contributed by atoms with Gasteiger partial charge in [0.1, 0.15) is 18.1 Å². The summed E-state index contributed by atoms with van der Waals surface area (Å²) < 4.78 is 7.38. The number of rotatable bonds is 4. The van der Waals surface area contributed by atoms with Crippen molar-refractivity contribution in [3.05, 3.63) is 53.7 Å². The summed E-state index contributed by atoms with van der Waals surface area (Å²) >= 11 is 0. The average Bonchev–Trinajstić information content (AvgIpc) is 2.97. The maximum atomic E-state index is 11.2. The van der Waals surface area contributed by atoms with Crippen molar-refractivity contribution < 1.29 is 14.6 Å². The van der Waals surface area contributed by atoms with Gasteiger partial charge in [-0.3, -0.25) is 4.79 Å². The molecule has 0 spiro atoms. The Morgan fingerprint density at radius 3 is 2.59 bits per heavy atom. The Balaban J connectivity index is 1.95. The van der Waals surface area contributed by atoms with Crippen LogP contribution in [0.4, 0.5) is 11.4 Å². The predicted molar refractivity (Wildman–Crippen MR) is 107 cm³/mol. The Hall–Kier alpha value is -3.43. The molecule has 27 heavy (non-hydrogen) atoms. The Labute approximate surface area is 157 Å².